The summed E-state index contributed by atoms with van der Waals surface area (Å²) >= 11 is 0. The lowest BCUT2D eigenvalue weighted by atomic mass is 10.1. The molecule has 0 aliphatic carbocycles. The molecule has 0 heterocycles. The molecule has 27 heteroatoms. The Kier molecular flexibility index (Phi) is 13.2. The second-order valence-electron chi connectivity index (χ2n) is 11.8. The van der Waals surface area contributed by atoms with Gasteiger partial charge in [-0.2, -0.15) is 27.1 Å². The summed E-state index contributed by atoms with van der Waals surface area (Å²) < 4.78 is 118. The number of nitrogens with two attached hydrogens (primary N) is 2. The average molecular weight is 901 g/mol. The number of rotatable bonds is 14. The average Bonchev–Trinajstić information content (AvgIpc) is 3.18. The first-order valence-electron chi connectivity index (χ1n) is 16.1. The number of hydrogen-bond acceptors (Lipinski definition) is 20. The number of nitrogens with zero attached hydrogens (tertiary/aromatic N) is 8. The van der Waals surface area contributed by atoms with Crippen molar-refractivity contribution >= 4 is 104 Å². The minimum absolute atomic E-state index is 0.0441. The van der Waals surface area contributed by atoms with E-state index in [2.05, 4.69) is 40.9 Å². The minimum Gasteiger partial charge on any atom is -0.494 e. The van der Waals surface area contributed by atoms with Crippen LogP contribution in [-0.2, 0) is 41.6 Å². The standard InChI is InChI=1S/C33H28N10O13S4/c1-16-13-23(24(56-2)15-22(16)39-37-21-12-11-19(58(48)49)14-26(21)60(53,54)55)40-42-31-27(33(44)45)30(41-36-17-7-9-18(10-8-17)57(46)47)28(34)32(29(31)35)43-38-20-5-3-4-6-25(20)59(50,51)52/h3-15,57-58H,34-35H2,1-2H3,(H,44,45)(H,50,51,52)(H,53,54,55). The van der Waals surface area contributed by atoms with Crippen molar-refractivity contribution in [3.63, 3.8) is 0 Å². The van der Waals surface area contributed by atoms with Crippen molar-refractivity contribution in [2.45, 2.75) is 26.5 Å². The fourth-order valence-electron chi connectivity index (χ4n) is 5.01. The van der Waals surface area contributed by atoms with Crippen molar-refractivity contribution < 1.29 is 57.4 Å². The van der Waals surface area contributed by atoms with Crippen molar-refractivity contribution in [1.29, 1.82) is 0 Å². The predicted octanol–water partition coefficient (Wildman–Crippen LogP) is 6.96. The van der Waals surface area contributed by atoms with E-state index in [1.54, 1.807) is 0 Å². The molecule has 0 saturated carbocycles. The quantitative estimate of drug-likeness (QED) is 0.0256. The summed E-state index contributed by atoms with van der Waals surface area (Å²) in [6.45, 7) is 1.52. The molecule has 0 aliphatic heterocycles. The Morgan fingerprint density at radius 2 is 1.10 bits per heavy atom. The Balaban J connectivity index is 1.67. The lowest BCUT2D eigenvalue weighted by Crippen LogP contribution is -2.04. The zero-order valence-corrected chi connectivity index (χ0v) is 33.8. The molecule has 0 aliphatic rings. The van der Waals surface area contributed by atoms with Crippen molar-refractivity contribution in [1.82, 2.24) is 0 Å². The summed E-state index contributed by atoms with van der Waals surface area (Å²) in [5, 5.41) is 42.2. The highest BCUT2D eigenvalue weighted by atomic mass is 32.2. The number of carboxylic acids is 1. The fourth-order valence-corrected chi connectivity index (χ4v) is 7.19. The van der Waals surface area contributed by atoms with Crippen LogP contribution in [0.4, 0.5) is 56.9 Å². The van der Waals surface area contributed by atoms with E-state index < -0.39 is 102 Å². The number of anilines is 2. The smallest absolute Gasteiger partial charge is 0.340 e. The molecule has 5 rings (SSSR count). The highest BCUT2D eigenvalue weighted by Crippen LogP contribution is 2.50. The second-order valence-corrected chi connectivity index (χ2v) is 16.6. The van der Waals surface area contributed by atoms with Crippen LogP contribution in [0.5, 0.6) is 5.75 Å². The molecule has 23 nitrogen and oxygen atoms in total. The Hall–Kier alpha value is -6.91. The monoisotopic (exact) mass is 900 g/mol. The summed E-state index contributed by atoms with van der Waals surface area (Å²) in [7, 11) is -14.6. The Morgan fingerprint density at radius 3 is 1.67 bits per heavy atom. The predicted molar refractivity (Wildman–Crippen MR) is 213 cm³/mol. The fraction of sp³-hybridized carbons (Fsp3) is 0.0606. The van der Waals surface area contributed by atoms with Gasteiger partial charge in [0.05, 0.1) is 39.7 Å². The number of carbonyl (C=O) groups is 1. The molecule has 5 aromatic carbocycles. The zero-order valence-electron chi connectivity index (χ0n) is 30.4. The Labute approximate surface area is 342 Å². The molecule has 0 unspecified atom stereocenters. The molecule has 312 valence electrons. The number of thiol groups is 2. The molecule has 7 N–H and O–H groups in total. The third kappa shape index (κ3) is 10.0. The first-order chi connectivity index (χ1) is 28.2. The maximum atomic E-state index is 12.8. The van der Waals surface area contributed by atoms with Crippen molar-refractivity contribution in [3.8, 4) is 5.75 Å². The van der Waals surface area contributed by atoms with Crippen LogP contribution in [0, 0.1) is 6.92 Å². The van der Waals surface area contributed by atoms with Gasteiger partial charge in [0.25, 0.3) is 20.2 Å². The maximum absolute atomic E-state index is 12.8. The molecule has 0 saturated heterocycles. The topological polar surface area (TPSA) is 374 Å². The largest absolute Gasteiger partial charge is 0.494 e. The van der Waals surface area contributed by atoms with Gasteiger partial charge in [-0.1, -0.05) is 12.1 Å². The summed E-state index contributed by atoms with van der Waals surface area (Å²) in [6, 6.07) is 15.3. The molecule has 5 aromatic rings. The summed E-state index contributed by atoms with van der Waals surface area (Å²) in [4.78, 5) is 10.9. The lowest BCUT2D eigenvalue weighted by Gasteiger charge is -2.13. The van der Waals surface area contributed by atoms with Crippen molar-refractivity contribution in [2.75, 3.05) is 18.6 Å². The number of methoxy groups -OCH3 is 1. The van der Waals surface area contributed by atoms with E-state index in [0.717, 1.165) is 18.2 Å². The van der Waals surface area contributed by atoms with Gasteiger partial charge in [0, 0.05) is 6.07 Å². The molecule has 0 bridgehead atoms. The van der Waals surface area contributed by atoms with Gasteiger partial charge in [0.15, 0.2) is 21.4 Å². The first-order valence-corrected chi connectivity index (χ1v) is 21.4. The molecule has 0 aromatic heterocycles. The van der Waals surface area contributed by atoms with Gasteiger partial charge >= 0.3 is 5.97 Å². The van der Waals surface area contributed by atoms with E-state index in [-0.39, 0.29) is 33.4 Å². The van der Waals surface area contributed by atoms with E-state index in [0.29, 0.717) is 11.6 Å². The summed E-state index contributed by atoms with van der Waals surface area (Å²) in [5.74, 6) is -1.74. The number of aryl methyl sites for hydroxylation is 1. The normalized spacial score (nSPS) is 12.5. The van der Waals surface area contributed by atoms with E-state index >= 15 is 0 Å². The van der Waals surface area contributed by atoms with Crippen LogP contribution in [0.2, 0.25) is 0 Å². The maximum Gasteiger partial charge on any atom is 0.340 e. The highest BCUT2D eigenvalue weighted by Gasteiger charge is 2.27. The van der Waals surface area contributed by atoms with Crippen LogP contribution < -0.4 is 16.2 Å². The van der Waals surface area contributed by atoms with E-state index in [1.165, 1.54) is 68.6 Å². The Bertz CT molecular complexity index is 3060. The zero-order chi connectivity index (χ0) is 44.1. The second kappa shape index (κ2) is 17.9. The van der Waals surface area contributed by atoms with Crippen LogP contribution in [0.3, 0.4) is 0 Å². The molecule has 0 spiro atoms. The van der Waals surface area contributed by atoms with E-state index in [1.807, 2.05) is 0 Å². The third-order valence-corrected chi connectivity index (χ3v) is 11.1. The van der Waals surface area contributed by atoms with E-state index in [4.69, 9.17) is 16.2 Å². The van der Waals surface area contributed by atoms with Crippen LogP contribution in [0.1, 0.15) is 15.9 Å². The van der Waals surface area contributed by atoms with Crippen molar-refractivity contribution in [3.05, 3.63) is 90.0 Å². The van der Waals surface area contributed by atoms with Gasteiger partial charge < -0.3 is 21.3 Å². The van der Waals surface area contributed by atoms with Gasteiger partial charge in [-0.15, -0.1) is 30.7 Å². The van der Waals surface area contributed by atoms with Gasteiger partial charge in [0.1, 0.15) is 55.2 Å². The van der Waals surface area contributed by atoms with Gasteiger partial charge in [0.2, 0.25) is 0 Å². The number of aromatic carboxylic acids is 1. The van der Waals surface area contributed by atoms with Crippen LogP contribution in [0.25, 0.3) is 0 Å². The highest BCUT2D eigenvalue weighted by molar-refractivity contribution is 7.86. The molecule has 0 fully saturated rings. The molecule has 0 radical (unpaired) electrons. The Morgan fingerprint density at radius 1 is 0.600 bits per heavy atom. The van der Waals surface area contributed by atoms with Gasteiger partial charge in [-0.05, 0) is 73.2 Å². The van der Waals surface area contributed by atoms with Crippen LogP contribution in [0.15, 0.2) is 139 Å². The third-order valence-electron chi connectivity index (χ3n) is 7.89. The van der Waals surface area contributed by atoms with Gasteiger partial charge in [-0.25, -0.2) is 21.6 Å². The van der Waals surface area contributed by atoms with Gasteiger partial charge in [-0.3, -0.25) is 9.11 Å². The molecular formula is C33H28N10O13S4. The molecular weight excluding hydrogens is 873 g/mol. The first kappa shape index (κ1) is 44.2. The molecule has 0 amide bonds. The number of nitrogen functional groups attached to an aromatic ring is 2. The molecule has 60 heavy (non-hydrogen) atoms. The number of benzene rings is 5. The van der Waals surface area contributed by atoms with Crippen molar-refractivity contribution in [2.24, 2.45) is 40.9 Å². The SMILES string of the molecule is COc1cc(N=Nc2ccc([SH](=O)=O)cc2S(=O)(=O)O)c(C)cc1N=Nc1c(N)c(N=Nc2ccccc2S(=O)(=O)O)c(N)c(N=Nc2ccc([SH](=O)=O)cc2)c1C(=O)O. The number of ether oxygens (including phenoxy) is 1. The van der Waals surface area contributed by atoms with Crippen LogP contribution >= 0.6 is 0 Å². The minimum atomic E-state index is -4.94. The lowest BCUT2D eigenvalue weighted by molar-refractivity contribution is 0.0698. The molecule has 0 atom stereocenters. The summed E-state index contributed by atoms with van der Waals surface area (Å²) in [5.41, 5.74) is 8.81. The van der Waals surface area contributed by atoms with Crippen LogP contribution in [-0.4, -0.2) is 61.0 Å². The number of hydrogen-bond donors (Lipinski definition) is 7. The van der Waals surface area contributed by atoms with E-state index in [9.17, 15) is 52.7 Å². The number of azo groups is 4. The number of carboxylic acid groups (broad SMARTS) is 1. The summed E-state index contributed by atoms with van der Waals surface area (Å²) in [6.07, 6.45) is 0.